The van der Waals surface area contributed by atoms with Crippen molar-refractivity contribution < 1.29 is 14.5 Å². The van der Waals surface area contributed by atoms with Gasteiger partial charge in [0.1, 0.15) is 0 Å². The van der Waals surface area contributed by atoms with Gasteiger partial charge >= 0.3 is 6.03 Å². The highest BCUT2D eigenvalue weighted by Crippen LogP contribution is 2.31. The summed E-state index contributed by atoms with van der Waals surface area (Å²) in [5.74, 6) is -0.172. The smallest absolute Gasteiger partial charge is 0.325 e. The van der Waals surface area contributed by atoms with E-state index in [2.05, 4.69) is 15.3 Å². The number of non-ortho nitro benzene ring substituents is 1. The lowest BCUT2D eigenvalue weighted by atomic mass is 10.1. The first-order valence-electron chi connectivity index (χ1n) is 7.40. The number of benzene rings is 1. The third kappa shape index (κ3) is 3.67. The molecule has 2 aliphatic rings. The largest absolute Gasteiger partial charge is 0.367 e. The number of carbonyl (C=O) groups is 2. The van der Waals surface area contributed by atoms with Gasteiger partial charge in [0.2, 0.25) is 5.91 Å². The Balaban J connectivity index is 1.59. The van der Waals surface area contributed by atoms with E-state index >= 15 is 0 Å². The Morgan fingerprint density at radius 2 is 2.25 bits per heavy atom. The Labute approximate surface area is 141 Å². The molecule has 3 amide bonds. The van der Waals surface area contributed by atoms with Crippen molar-refractivity contribution in [2.45, 2.75) is 19.3 Å². The average molecular weight is 346 g/mol. The van der Waals surface area contributed by atoms with E-state index in [0.717, 1.165) is 25.0 Å². The van der Waals surface area contributed by atoms with Gasteiger partial charge in [-0.15, -0.1) is 0 Å². The zero-order chi connectivity index (χ0) is 17.1. The van der Waals surface area contributed by atoms with Gasteiger partial charge in [-0.1, -0.05) is 17.8 Å². The lowest BCUT2D eigenvalue weighted by molar-refractivity contribution is -0.384. The van der Waals surface area contributed by atoms with Crippen molar-refractivity contribution >= 4 is 45.8 Å². The van der Waals surface area contributed by atoms with Crippen LogP contribution in [0.15, 0.2) is 34.3 Å². The summed E-state index contributed by atoms with van der Waals surface area (Å²) in [6.45, 7) is 0. The van der Waals surface area contributed by atoms with Crippen LogP contribution >= 0.6 is 11.8 Å². The van der Waals surface area contributed by atoms with Gasteiger partial charge in [-0.05, 0) is 25.3 Å². The van der Waals surface area contributed by atoms with Crippen LogP contribution in [0.2, 0.25) is 0 Å². The molecule has 1 aliphatic heterocycles. The second-order valence-corrected chi connectivity index (χ2v) is 6.42. The summed E-state index contributed by atoms with van der Waals surface area (Å²) < 4.78 is 0. The SMILES string of the molecule is O=C1N=C2CCCC2C(SCC(=O)Nc2cccc([N+](=O)[O-])c2)=N1. The molecule has 124 valence electrons. The number of anilines is 1. The van der Waals surface area contributed by atoms with Gasteiger partial charge in [0.15, 0.2) is 0 Å². The van der Waals surface area contributed by atoms with Crippen LogP contribution in [-0.4, -0.2) is 33.4 Å². The molecule has 1 fully saturated rings. The van der Waals surface area contributed by atoms with Gasteiger partial charge in [-0.3, -0.25) is 14.9 Å². The Morgan fingerprint density at radius 1 is 1.42 bits per heavy atom. The number of thioether (sulfide) groups is 1. The van der Waals surface area contributed by atoms with Crippen molar-refractivity contribution in [1.29, 1.82) is 0 Å². The molecule has 0 saturated heterocycles. The molecule has 1 aliphatic carbocycles. The molecule has 3 rings (SSSR count). The average Bonchev–Trinajstić information content (AvgIpc) is 3.01. The second kappa shape index (κ2) is 6.91. The van der Waals surface area contributed by atoms with Crippen LogP contribution in [-0.2, 0) is 4.79 Å². The molecule has 0 aromatic heterocycles. The highest BCUT2D eigenvalue weighted by atomic mass is 32.2. The van der Waals surface area contributed by atoms with Crippen molar-refractivity contribution in [3.63, 3.8) is 0 Å². The lowest BCUT2D eigenvalue weighted by Gasteiger charge is -2.16. The first kappa shape index (κ1) is 16.3. The van der Waals surface area contributed by atoms with Gasteiger partial charge in [0.25, 0.3) is 5.69 Å². The number of aliphatic imine (C=N–C) groups is 2. The molecule has 0 spiro atoms. The fraction of sp³-hybridized carbons (Fsp3) is 0.333. The maximum atomic E-state index is 12.0. The number of nitro benzene ring substituents is 1. The van der Waals surface area contributed by atoms with E-state index < -0.39 is 11.0 Å². The van der Waals surface area contributed by atoms with E-state index in [4.69, 9.17) is 0 Å². The first-order chi connectivity index (χ1) is 11.5. The summed E-state index contributed by atoms with van der Waals surface area (Å²) in [5.41, 5.74) is 1.13. The fourth-order valence-electron chi connectivity index (χ4n) is 2.71. The molecule has 24 heavy (non-hydrogen) atoms. The first-order valence-corrected chi connectivity index (χ1v) is 8.38. The zero-order valence-electron chi connectivity index (χ0n) is 12.6. The fourth-order valence-corrected chi connectivity index (χ4v) is 3.66. The molecule has 1 N–H and O–H groups in total. The van der Waals surface area contributed by atoms with Crippen LogP contribution in [0.4, 0.5) is 16.2 Å². The van der Waals surface area contributed by atoms with Gasteiger partial charge in [0.05, 0.1) is 15.7 Å². The molecule has 1 heterocycles. The number of fused-ring (bicyclic) bond motifs is 1. The van der Waals surface area contributed by atoms with E-state index in [-0.39, 0.29) is 23.3 Å². The third-order valence-corrected chi connectivity index (χ3v) is 4.84. The molecular weight excluding hydrogens is 332 g/mol. The number of rotatable bonds is 4. The van der Waals surface area contributed by atoms with E-state index in [1.807, 2.05) is 0 Å². The van der Waals surface area contributed by atoms with Gasteiger partial charge in [0, 0.05) is 29.4 Å². The summed E-state index contributed by atoms with van der Waals surface area (Å²) in [7, 11) is 0. The summed E-state index contributed by atoms with van der Waals surface area (Å²) >= 11 is 1.22. The van der Waals surface area contributed by atoms with Gasteiger partial charge in [-0.25, -0.2) is 9.79 Å². The number of hydrogen-bond donors (Lipinski definition) is 1. The van der Waals surface area contributed by atoms with Crippen LogP contribution in [0.25, 0.3) is 0 Å². The predicted octanol–water partition coefficient (Wildman–Crippen LogP) is 3.04. The molecule has 0 radical (unpaired) electrons. The predicted molar refractivity (Wildman–Crippen MR) is 91.8 cm³/mol. The summed E-state index contributed by atoms with van der Waals surface area (Å²) in [6.07, 6.45) is 2.66. The zero-order valence-corrected chi connectivity index (χ0v) is 13.4. The standard InChI is InChI=1S/C15H14N4O4S/c20-13(16-9-3-1-4-10(7-9)19(22)23)8-24-14-11-5-2-6-12(11)17-15(21)18-14/h1,3-4,7,11H,2,5-6,8H2,(H,16,20). The minimum absolute atomic E-state index is 0.0540. The Hall–Kier alpha value is -2.55. The molecule has 0 bridgehead atoms. The molecule has 1 unspecified atom stereocenters. The molecule has 1 saturated carbocycles. The van der Waals surface area contributed by atoms with Crippen molar-refractivity contribution in [1.82, 2.24) is 0 Å². The maximum absolute atomic E-state index is 12.0. The number of carbonyl (C=O) groups excluding carboxylic acids is 2. The Morgan fingerprint density at radius 3 is 3.04 bits per heavy atom. The normalized spacial score (nSPS) is 19.3. The van der Waals surface area contributed by atoms with E-state index in [1.54, 1.807) is 6.07 Å². The number of nitrogens with zero attached hydrogens (tertiary/aromatic N) is 3. The summed E-state index contributed by atoms with van der Waals surface area (Å²) in [6, 6.07) is 5.23. The lowest BCUT2D eigenvalue weighted by Crippen LogP contribution is -2.24. The minimum Gasteiger partial charge on any atom is -0.325 e. The molecule has 1 atom stereocenters. The maximum Gasteiger partial charge on any atom is 0.367 e. The molecule has 8 nitrogen and oxygen atoms in total. The van der Waals surface area contributed by atoms with Crippen LogP contribution in [0.5, 0.6) is 0 Å². The van der Waals surface area contributed by atoms with Crippen molar-refractivity contribution in [3.8, 4) is 0 Å². The topological polar surface area (TPSA) is 114 Å². The van der Waals surface area contributed by atoms with Crippen LogP contribution < -0.4 is 5.32 Å². The van der Waals surface area contributed by atoms with Gasteiger partial charge < -0.3 is 5.32 Å². The highest BCUT2D eigenvalue weighted by Gasteiger charge is 2.32. The van der Waals surface area contributed by atoms with Crippen molar-refractivity contribution in [2.24, 2.45) is 15.9 Å². The number of amides is 3. The molecular formula is C15H14N4O4S. The second-order valence-electron chi connectivity index (χ2n) is 5.42. The molecule has 1 aromatic carbocycles. The Bertz CT molecular complexity index is 774. The number of urea groups is 1. The van der Waals surface area contributed by atoms with Crippen LogP contribution in [0.1, 0.15) is 19.3 Å². The summed E-state index contributed by atoms with van der Waals surface area (Å²) in [4.78, 5) is 41.6. The molecule has 9 heteroatoms. The molecule has 1 aromatic rings. The van der Waals surface area contributed by atoms with E-state index in [9.17, 15) is 19.7 Å². The van der Waals surface area contributed by atoms with Crippen molar-refractivity contribution in [2.75, 3.05) is 11.1 Å². The Kier molecular flexibility index (Phi) is 4.70. The van der Waals surface area contributed by atoms with Gasteiger partial charge in [-0.2, -0.15) is 4.99 Å². The third-order valence-electron chi connectivity index (χ3n) is 3.76. The monoisotopic (exact) mass is 346 g/mol. The van der Waals surface area contributed by atoms with E-state index in [1.165, 1.54) is 30.0 Å². The van der Waals surface area contributed by atoms with Crippen LogP contribution in [0, 0.1) is 16.0 Å². The highest BCUT2D eigenvalue weighted by molar-refractivity contribution is 8.14. The minimum atomic E-state index is -0.520. The number of hydrogen-bond acceptors (Lipinski definition) is 5. The van der Waals surface area contributed by atoms with Crippen LogP contribution in [0.3, 0.4) is 0 Å². The number of nitrogens with one attached hydrogen (secondary N) is 1. The van der Waals surface area contributed by atoms with E-state index in [0.29, 0.717) is 10.7 Å². The summed E-state index contributed by atoms with van der Waals surface area (Å²) in [5, 5.41) is 14.0. The number of nitro groups is 1. The quantitative estimate of drug-likeness (QED) is 0.665. The van der Waals surface area contributed by atoms with Crippen molar-refractivity contribution in [3.05, 3.63) is 34.4 Å².